The second-order valence-corrected chi connectivity index (χ2v) is 6.43. The molecule has 0 bridgehead atoms. The smallest absolute Gasteiger partial charge is 0.363 e. The Morgan fingerprint density at radius 3 is 2.76 bits per heavy atom. The molecule has 0 aliphatic carbocycles. The molecule has 3 nitrogen and oxygen atoms in total. The van der Waals surface area contributed by atoms with Gasteiger partial charge < -0.3 is 4.74 Å². The third kappa shape index (κ3) is 2.93. The standard InChI is InChI=1S/C14H6BrF2NO2S/c15-12-4-7(6-21-12)3-11-14(19)20-13(18-11)9-2-1-8(16)5-10(9)17/h1-6H/b11-3+. The van der Waals surface area contributed by atoms with Crippen LogP contribution in [-0.4, -0.2) is 11.9 Å². The fraction of sp³-hybridized carbons (Fsp3) is 0. The van der Waals surface area contributed by atoms with Crippen LogP contribution in [0.15, 0.2) is 44.1 Å². The summed E-state index contributed by atoms with van der Waals surface area (Å²) < 4.78 is 32.4. The van der Waals surface area contributed by atoms with Crippen LogP contribution in [0.4, 0.5) is 8.78 Å². The van der Waals surface area contributed by atoms with Crippen molar-refractivity contribution in [1.82, 2.24) is 0 Å². The lowest BCUT2D eigenvalue weighted by Crippen LogP contribution is -2.07. The van der Waals surface area contributed by atoms with Crippen molar-refractivity contribution >= 4 is 45.2 Å². The number of hydrogen-bond acceptors (Lipinski definition) is 4. The van der Waals surface area contributed by atoms with E-state index in [2.05, 4.69) is 20.9 Å². The van der Waals surface area contributed by atoms with Gasteiger partial charge in [0.2, 0.25) is 5.90 Å². The summed E-state index contributed by atoms with van der Waals surface area (Å²) in [5, 5.41) is 1.83. The van der Waals surface area contributed by atoms with Crippen molar-refractivity contribution in [1.29, 1.82) is 0 Å². The third-order valence-corrected chi connectivity index (χ3v) is 4.20. The average molecular weight is 370 g/mol. The molecule has 0 N–H and O–H groups in total. The zero-order valence-corrected chi connectivity index (χ0v) is 12.7. The summed E-state index contributed by atoms with van der Waals surface area (Å²) >= 11 is 4.77. The van der Waals surface area contributed by atoms with Crippen molar-refractivity contribution in [3.63, 3.8) is 0 Å². The lowest BCUT2D eigenvalue weighted by molar-refractivity contribution is -0.129. The number of carbonyl (C=O) groups is 1. The van der Waals surface area contributed by atoms with E-state index in [4.69, 9.17) is 4.74 Å². The highest BCUT2D eigenvalue weighted by atomic mass is 79.9. The molecule has 1 aliphatic rings. The number of benzene rings is 1. The lowest BCUT2D eigenvalue weighted by Gasteiger charge is -2.00. The number of thiophene rings is 1. The molecule has 0 saturated carbocycles. The van der Waals surface area contributed by atoms with Crippen LogP contribution in [0.1, 0.15) is 11.1 Å². The van der Waals surface area contributed by atoms with E-state index in [0.29, 0.717) is 6.07 Å². The van der Waals surface area contributed by atoms with E-state index < -0.39 is 17.6 Å². The molecule has 21 heavy (non-hydrogen) atoms. The Morgan fingerprint density at radius 1 is 1.29 bits per heavy atom. The number of aliphatic imine (C=N–C) groups is 1. The van der Waals surface area contributed by atoms with Gasteiger partial charge in [-0.2, -0.15) is 0 Å². The summed E-state index contributed by atoms with van der Waals surface area (Å²) in [6.07, 6.45) is 1.54. The number of hydrogen-bond donors (Lipinski definition) is 0. The van der Waals surface area contributed by atoms with Crippen LogP contribution in [0.5, 0.6) is 0 Å². The molecule has 1 aromatic carbocycles. The maximum atomic E-state index is 13.7. The van der Waals surface area contributed by atoms with Gasteiger partial charge >= 0.3 is 5.97 Å². The molecule has 1 aromatic heterocycles. The van der Waals surface area contributed by atoms with E-state index in [9.17, 15) is 13.6 Å². The van der Waals surface area contributed by atoms with E-state index in [1.807, 2.05) is 11.4 Å². The van der Waals surface area contributed by atoms with Crippen molar-refractivity contribution in [2.24, 2.45) is 4.99 Å². The van der Waals surface area contributed by atoms with Crippen molar-refractivity contribution in [2.75, 3.05) is 0 Å². The van der Waals surface area contributed by atoms with Gasteiger partial charge in [-0.15, -0.1) is 11.3 Å². The molecular formula is C14H6BrF2NO2S. The predicted molar refractivity (Wildman–Crippen MR) is 79.0 cm³/mol. The molecule has 2 heterocycles. The highest BCUT2D eigenvalue weighted by molar-refractivity contribution is 9.11. The first-order valence-corrected chi connectivity index (χ1v) is 7.42. The van der Waals surface area contributed by atoms with Gasteiger partial charge in [-0.1, -0.05) is 0 Å². The highest BCUT2D eigenvalue weighted by Crippen LogP contribution is 2.25. The molecule has 0 atom stereocenters. The lowest BCUT2D eigenvalue weighted by atomic mass is 10.2. The Morgan fingerprint density at radius 2 is 2.10 bits per heavy atom. The number of halogens is 3. The molecule has 0 saturated heterocycles. The third-order valence-electron chi connectivity index (χ3n) is 2.67. The molecule has 106 valence electrons. The summed E-state index contributed by atoms with van der Waals surface area (Å²) in [6, 6.07) is 4.79. The van der Waals surface area contributed by atoms with Crippen LogP contribution in [0.25, 0.3) is 6.08 Å². The first-order chi connectivity index (χ1) is 10.0. The molecule has 7 heteroatoms. The van der Waals surface area contributed by atoms with Gasteiger partial charge in [0.05, 0.1) is 9.35 Å². The van der Waals surface area contributed by atoms with Crippen molar-refractivity contribution in [2.45, 2.75) is 0 Å². The number of carbonyl (C=O) groups excluding carboxylic acids is 1. The maximum absolute atomic E-state index is 13.7. The Labute approximate surface area is 130 Å². The highest BCUT2D eigenvalue weighted by Gasteiger charge is 2.26. The Kier molecular flexibility index (Phi) is 3.69. The van der Waals surface area contributed by atoms with Crippen LogP contribution in [0.3, 0.4) is 0 Å². The number of rotatable bonds is 2. The van der Waals surface area contributed by atoms with Crippen molar-refractivity contribution in [3.8, 4) is 0 Å². The van der Waals surface area contributed by atoms with Crippen LogP contribution in [-0.2, 0) is 9.53 Å². The molecule has 3 rings (SSSR count). The minimum atomic E-state index is -0.832. The topological polar surface area (TPSA) is 38.7 Å². The fourth-order valence-electron chi connectivity index (χ4n) is 1.74. The Bertz CT molecular complexity index is 798. The number of nitrogens with zero attached hydrogens (tertiary/aromatic N) is 1. The fourth-order valence-corrected chi connectivity index (χ4v) is 2.88. The monoisotopic (exact) mass is 369 g/mol. The summed E-state index contributed by atoms with van der Waals surface area (Å²) in [5.74, 6) is -2.38. The molecule has 0 amide bonds. The molecule has 0 unspecified atom stereocenters. The SMILES string of the molecule is O=C1OC(c2ccc(F)cc2F)=N/C1=C/c1csc(Br)c1. The molecule has 1 aliphatic heterocycles. The van der Waals surface area contributed by atoms with E-state index in [1.54, 1.807) is 0 Å². The summed E-state index contributed by atoms with van der Waals surface area (Å²) in [4.78, 5) is 15.7. The van der Waals surface area contributed by atoms with Gasteiger partial charge in [-0.25, -0.2) is 18.6 Å². The zero-order valence-electron chi connectivity index (χ0n) is 10.3. The molecule has 2 aromatic rings. The van der Waals surface area contributed by atoms with Gasteiger partial charge in [0.1, 0.15) is 11.6 Å². The largest absolute Gasteiger partial charge is 0.402 e. The van der Waals surface area contributed by atoms with Crippen molar-refractivity contribution in [3.05, 3.63) is 61.9 Å². The van der Waals surface area contributed by atoms with Gasteiger partial charge in [0.25, 0.3) is 0 Å². The van der Waals surface area contributed by atoms with Crippen LogP contribution in [0, 0.1) is 11.6 Å². The van der Waals surface area contributed by atoms with E-state index in [0.717, 1.165) is 15.4 Å². The molecule has 0 radical (unpaired) electrons. The first-order valence-electron chi connectivity index (χ1n) is 5.75. The van der Waals surface area contributed by atoms with Crippen molar-refractivity contribution < 1.29 is 18.3 Å². The number of esters is 1. The average Bonchev–Trinajstić information content (AvgIpc) is 2.97. The minimum Gasteiger partial charge on any atom is -0.402 e. The number of ether oxygens (including phenoxy) is 1. The predicted octanol–water partition coefficient (Wildman–Crippen LogP) is 4.13. The minimum absolute atomic E-state index is 0.0559. The van der Waals surface area contributed by atoms with E-state index >= 15 is 0 Å². The number of cyclic esters (lactones) is 1. The normalized spacial score (nSPS) is 16.2. The molecular weight excluding hydrogens is 364 g/mol. The van der Waals surface area contributed by atoms with Crippen LogP contribution >= 0.6 is 27.3 Å². The summed E-state index contributed by atoms with van der Waals surface area (Å²) in [7, 11) is 0. The van der Waals surface area contributed by atoms with E-state index in [1.165, 1.54) is 23.5 Å². The quantitative estimate of drug-likeness (QED) is 0.589. The second kappa shape index (κ2) is 5.50. The van der Waals surface area contributed by atoms with Crippen LogP contribution in [0.2, 0.25) is 0 Å². The summed E-state index contributed by atoms with van der Waals surface area (Å²) in [6.45, 7) is 0. The first kappa shape index (κ1) is 14.1. The summed E-state index contributed by atoms with van der Waals surface area (Å²) in [5.41, 5.74) is 0.794. The van der Waals surface area contributed by atoms with E-state index in [-0.39, 0.29) is 17.2 Å². The Balaban J connectivity index is 1.97. The van der Waals surface area contributed by atoms with Gasteiger partial charge in [0.15, 0.2) is 5.70 Å². The second-order valence-electron chi connectivity index (χ2n) is 4.14. The zero-order chi connectivity index (χ0) is 15.0. The molecule has 0 fully saturated rings. The van der Waals surface area contributed by atoms with Crippen LogP contribution < -0.4 is 0 Å². The molecule has 0 spiro atoms. The van der Waals surface area contributed by atoms with Gasteiger partial charge in [-0.3, -0.25) is 0 Å². The Hall–Kier alpha value is -1.86. The maximum Gasteiger partial charge on any atom is 0.363 e. The van der Waals surface area contributed by atoms with Gasteiger partial charge in [0, 0.05) is 6.07 Å². The van der Waals surface area contributed by atoms with Gasteiger partial charge in [-0.05, 0) is 51.1 Å².